The van der Waals surface area contributed by atoms with Crippen LogP contribution in [0.2, 0.25) is 0 Å². The second-order valence-corrected chi connectivity index (χ2v) is 10.5. The lowest BCUT2D eigenvalue weighted by Gasteiger charge is -2.13. The van der Waals surface area contributed by atoms with Gasteiger partial charge in [-0.15, -0.1) is 0 Å². The summed E-state index contributed by atoms with van der Waals surface area (Å²) in [5, 5.41) is 13.6. The highest BCUT2D eigenvalue weighted by molar-refractivity contribution is 7.89. The van der Waals surface area contributed by atoms with Gasteiger partial charge in [0.05, 0.1) is 12.4 Å². The Morgan fingerprint density at radius 2 is 1.63 bits per heavy atom. The molecule has 0 aliphatic carbocycles. The number of nitrogens with one attached hydrogen (secondary N) is 2. The van der Waals surface area contributed by atoms with Crippen LogP contribution < -0.4 is 10.0 Å². The van der Waals surface area contributed by atoms with Crippen molar-refractivity contribution in [1.29, 1.82) is 0 Å². The smallest absolute Gasteiger partial charge is 0.264 e. The third-order valence-corrected chi connectivity index (χ3v) is 6.38. The number of carbonyl (C=O) groups excluding carboxylic acids is 1. The minimum absolute atomic E-state index is 0.396. The Morgan fingerprint density at radius 3 is 2.29 bits per heavy atom. The van der Waals surface area contributed by atoms with Crippen LogP contribution in [0.25, 0.3) is 11.1 Å². The molecule has 35 heavy (non-hydrogen) atoms. The molecule has 0 saturated heterocycles. The van der Waals surface area contributed by atoms with Crippen LogP contribution in [0.15, 0.2) is 72.8 Å². The maximum absolute atomic E-state index is 12.5. The Bertz CT molecular complexity index is 1210. The molecule has 0 aliphatic heterocycles. The number of amides is 1. The first-order chi connectivity index (χ1) is 16.8. The second kappa shape index (κ2) is 12.6. The predicted octanol–water partition coefficient (Wildman–Crippen LogP) is 4.25. The van der Waals surface area contributed by atoms with Crippen molar-refractivity contribution in [2.75, 3.05) is 19.3 Å². The highest BCUT2D eigenvalue weighted by Crippen LogP contribution is 2.25. The van der Waals surface area contributed by atoms with Gasteiger partial charge in [0.1, 0.15) is 0 Å². The molecule has 3 rings (SSSR count). The fourth-order valence-electron chi connectivity index (χ4n) is 3.92. The van der Waals surface area contributed by atoms with Gasteiger partial charge in [0.2, 0.25) is 10.0 Å². The van der Waals surface area contributed by atoms with Crippen LogP contribution in [0.1, 0.15) is 52.9 Å². The van der Waals surface area contributed by atoms with Gasteiger partial charge < -0.3 is 10.4 Å². The zero-order valence-electron chi connectivity index (χ0n) is 20.3. The molecule has 6 nitrogen and oxygen atoms in total. The van der Waals surface area contributed by atoms with E-state index in [1.165, 1.54) is 5.56 Å². The number of aliphatic hydroxyl groups is 1. The van der Waals surface area contributed by atoms with Gasteiger partial charge in [-0.3, -0.25) is 4.79 Å². The molecule has 7 heteroatoms. The summed E-state index contributed by atoms with van der Waals surface area (Å²) in [6.07, 6.45) is 3.88. The number of rotatable bonds is 12. The van der Waals surface area contributed by atoms with E-state index in [1.54, 1.807) is 6.07 Å². The number of carbonyl (C=O) groups is 1. The molecule has 0 radical (unpaired) electrons. The van der Waals surface area contributed by atoms with E-state index in [0.29, 0.717) is 18.5 Å². The standard InChI is InChI=1S/C28H34N2O4S/c1-3-4-8-25-19-24(15-16-26(25)28(32)30-35(2,33)34)22-13-11-21(12-14-22)17-18-29-20-27(31)23-9-6-5-7-10-23/h5-7,9-16,19,27,29,31H,3-4,8,17-18,20H2,1-2H3,(H,30,32)/t27-/m1/s1. The topological polar surface area (TPSA) is 95.5 Å². The van der Waals surface area contributed by atoms with Gasteiger partial charge in [-0.25, -0.2) is 13.1 Å². The molecule has 0 unspecified atom stereocenters. The second-order valence-electron chi connectivity index (χ2n) is 8.76. The molecule has 0 fully saturated rings. The first kappa shape index (κ1) is 26.6. The lowest BCUT2D eigenvalue weighted by Crippen LogP contribution is -2.30. The van der Waals surface area contributed by atoms with Crippen molar-refractivity contribution in [3.8, 4) is 11.1 Å². The van der Waals surface area contributed by atoms with Crippen molar-refractivity contribution in [3.63, 3.8) is 0 Å². The zero-order chi connectivity index (χ0) is 25.3. The summed E-state index contributed by atoms with van der Waals surface area (Å²) >= 11 is 0. The van der Waals surface area contributed by atoms with Crippen LogP contribution >= 0.6 is 0 Å². The quantitative estimate of drug-likeness (QED) is 0.327. The molecule has 0 saturated carbocycles. The molecule has 0 bridgehead atoms. The van der Waals surface area contributed by atoms with E-state index in [9.17, 15) is 18.3 Å². The van der Waals surface area contributed by atoms with Gasteiger partial charge in [-0.2, -0.15) is 0 Å². The fourth-order valence-corrected chi connectivity index (χ4v) is 4.37. The largest absolute Gasteiger partial charge is 0.387 e. The van der Waals surface area contributed by atoms with Crippen LogP contribution in [0.4, 0.5) is 0 Å². The molecule has 0 heterocycles. The first-order valence-electron chi connectivity index (χ1n) is 11.9. The normalized spacial score (nSPS) is 12.3. The number of sulfonamides is 1. The SMILES string of the molecule is CCCCc1cc(-c2ccc(CCNC[C@@H](O)c3ccccc3)cc2)ccc1C(=O)NS(C)(=O)=O. The molecule has 1 amide bonds. The molecule has 3 N–H and O–H groups in total. The van der Waals surface area contributed by atoms with E-state index in [0.717, 1.165) is 54.3 Å². The molecule has 3 aromatic rings. The summed E-state index contributed by atoms with van der Waals surface area (Å²) in [6.45, 7) is 3.34. The van der Waals surface area contributed by atoms with Crippen LogP contribution in [-0.4, -0.2) is 38.8 Å². The minimum Gasteiger partial charge on any atom is -0.387 e. The Balaban J connectivity index is 1.62. The van der Waals surface area contributed by atoms with E-state index < -0.39 is 22.0 Å². The van der Waals surface area contributed by atoms with E-state index in [1.807, 2.05) is 42.5 Å². The predicted molar refractivity (Wildman–Crippen MR) is 141 cm³/mol. The Morgan fingerprint density at radius 1 is 0.943 bits per heavy atom. The summed E-state index contributed by atoms with van der Waals surface area (Å²) in [4.78, 5) is 12.5. The third kappa shape index (κ3) is 8.31. The average Bonchev–Trinajstić information content (AvgIpc) is 2.85. The zero-order valence-corrected chi connectivity index (χ0v) is 21.1. The third-order valence-electron chi connectivity index (χ3n) is 5.83. The molecular weight excluding hydrogens is 460 g/mol. The first-order valence-corrected chi connectivity index (χ1v) is 13.8. The monoisotopic (exact) mass is 494 g/mol. The van der Waals surface area contributed by atoms with Crippen molar-refractivity contribution in [2.24, 2.45) is 0 Å². The van der Waals surface area contributed by atoms with E-state index in [-0.39, 0.29) is 0 Å². The Hall–Kier alpha value is -3.00. The van der Waals surface area contributed by atoms with Gasteiger partial charge in [0.15, 0.2) is 0 Å². The van der Waals surface area contributed by atoms with Gasteiger partial charge >= 0.3 is 0 Å². The number of unbranched alkanes of at least 4 members (excludes halogenated alkanes) is 1. The van der Waals surface area contributed by atoms with Crippen molar-refractivity contribution in [1.82, 2.24) is 10.0 Å². The van der Waals surface area contributed by atoms with Crippen LogP contribution in [0.5, 0.6) is 0 Å². The molecular formula is C28H34N2O4S. The summed E-state index contributed by atoms with van der Waals surface area (Å²) in [7, 11) is -3.62. The molecule has 0 spiro atoms. The van der Waals surface area contributed by atoms with Crippen molar-refractivity contribution in [2.45, 2.75) is 38.7 Å². The number of hydrogen-bond acceptors (Lipinski definition) is 5. The van der Waals surface area contributed by atoms with Gasteiger partial charge in [-0.05, 0) is 59.7 Å². The highest BCUT2D eigenvalue weighted by atomic mass is 32.2. The lowest BCUT2D eigenvalue weighted by molar-refractivity contribution is 0.0980. The summed E-state index contributed by atoms with van der Waals surface area (Å²) in [5.74, 6) is -0.592. The summed E-state index contributed by atoms with van der Waals surface area (Å²) < 4.78 is 25.1. The summed E-state index contributed by atoms with van der Waals surface area (Å²) in [6, 6.07) is 23.4. The van der Waals surface area contributed by atoms with E-state index in [4.69, 9.17) is 0 Å². The van der Waals surface area contributed by atoms with Gasteiger partial charge in [0.25, 0.3) is 5.91 Å². The lowest BCUT2D eigenvalue weighted by atomic mass is 9.95. The van der Waals surface area contributed by atoms with Crippen LogP contribution in [0.3, 0.4) is 0 Å². The van der Waals surface area contributed by atoms with E-state index >= 15 is 0 Å². The maximum atomic E-state index is 12.5. The molecule has 3 aromatic carbocycles. The van der Waals surface area contributed by atoms with Crippen molar-refractivity contribution >= 4 is 15.9 Å². The molecule has 0 aromatic heterocycles. The highest BCUT2D eigenvalue weighted by Gasteiger charge is 2.16. The van der Waals surface area contributed by atoms with Crippen LogP contribution in [-0.2, 0) is 22.9 Å². The number of hydrogen-bond donors (Lipinski definition) is 3. The maximum Gasteiger partial charge on any atom is 0.264 e. The minimum atomic E-state index is -3.62. The molecule has 186 valence electrons. The number of aryl methyl sites for hydroxylation is 1. The Labute approximate surface area is 208 Å². The molecule has 1 atom stereocenters. The van der Waals surface area contributed by atoms with Crippen molar-refractivity contribution in [3.05, 3.63) is 95.1 Å². The van der Waals surface area contributed by atoms with Crippen molar-refractivity contribution < 1.29 is 18.3 Å². The molecule has 0 aliphatic rings. The number of aliphatic hydroxyl groups excluding tert-OH is 1. The summed E-state index contributed by atoms with van der Waals surface area (Å²) in [5.41, 5.74) is 5.36. The fraction of sp³-hybridized carbons (Fsp3) is 0.321. The Kier molecular flexibility index (Phi) is 9.60. The van der Waals surface area contributed by atoms with Crippen LogP contribution in [0, 0.1) is 0 Å². The number of benzene rings is 3. The average molecular weight is 495 g/mol. The van der Waals surface area contributed by atoms with E-state index in [2.05, 4.69) is 41.2 Å². The van der Waals surface area contributed by atoms with Gasteiger partial charge in [-0.1, -0.05) is 80.1 Å². The van der Waals surface area contributed by atoms with Gasteiger partial charge in [0, 0.05) is 12.1 Å².